The van der Waals surface area contributed by atoms with Gasteiger partial charge in [0.15, 0.2) is 0 Å². The topological polar surface area (TPSA) is 49.4 Å². The standard InChI is InChI=1S/C14H28N2O2S/c1-12-5-3-4-6-14(12)16(2)19(17,18)11-13-7-9-15-10-8-13/h12-15H,3-11H2,1-2H3. The first-order valence-electron chi connectivity index (χ1n) is 7.67. The first kappa shape index (κ1) is 15.3. The predicted molar refractivity (Wildman–Crippen MR) is 78.6 cm³/mol. The number of piperidine rings is 1. The molecule has 2 aliphatic rings. The maximum atomic E-state index is 12.5. The van der Waals surface area contributed by atoms with Gasteiger partial charge >= 0.3 is 0 Å². The van der Waals surface area contributed by atoms with Crippen molar-refractivity contribution in [1.29, 1.82) is 0 Å². The molecular formula is C14H28N2O2S. The Hall–Kier alpha value is -0.130. The number of hydrogen-bond acceptors (Lipinski definition) is 3. The van der Waals surface area contributed by atoms with Crippen molar-refractivity contribution in [1.82, 2.24) is 9.62 Å². The quantitative estimate of drug-likeness (QED) is 0.858. The highest BCUT2D eigenvalue weighted by Gasteiger charge is 2.33. The normalized spacial score (nSPS) is 30.7. The lowest BCUT2D eigenvalue weighted by Crippen LogP contribution is -2.45. The number of hydrogen-bond donors (Lipinski definition) is 1. The Bertz CT molecular complexity index is 377. The van der Waals surface area contributed by atoms with Crippen LogP contribution in [0, 0.1) is 11.8 Å². The Balaban J connectivity index is 1.97. The summed E-state index contributed by atoms with van der Waals surface area (Å²) in [6.45, 7) is 4.12. The fourth-order valence-electron chi connectivity index (χ4n) is 3.51. The largest absolute Gasteiger partial charge is 0.317 e. The molecule has 1 N–H and O–H groups in total. The zero-order valence-electron chi connectivity index (χ0n) is 12.3. The van der Waals surface area contributed by atoms with Gasteiger partial charge in [-0.2, -0.15) is 0 Å². The van der Waals surface area contributed by atoms with E-state index in [0.717, 1.165) is 38.8 Å². The van der Waals surface area contributed by atoms with Gasteiger partial charge in [0.1, 0.15) is 0 Å². The summed E-state index contributed by atoms with van der Waals surface area (Å²) in [6.07, 6.45) is 6.60. The molecule has 4 nitrogen and oxygen atoms in total. The Morgan fingerprint density at radius 3 is 2.37 bits per heavy atom. The number of nitrogens with one attached hydrogen (secondary N) is 1. The van der Waals surface area contributed by atoms with Crippen LogP contribution in [0.4, 0.5) is 0 Å². The van der Waals surface area contributed by atoms with E-state index in [-0.39, 0.29) is 6.04 Å². The first-order valence-corrected chi connectivity index (χ1v) is 9.28. The summed E-state index contributed by atoms with van der Waals surface area (Å²) in [5.74, 6) is 1.18. The summed E-state index contributed by atoms with van der Waals surface area (Å²) in [5, 5.41) is 3.29. The molecule has 1 saturated heterocycles. The highest BCUT2D eigenvalue weighted by molar-refractivity contribution is 7.89. The van der Waals surface area contributed by atoms with Gasteiger partial charge in [-0.1, -0.05) is 19.8 Å². The lowest BCUT2D eigenvalue weighted by atomic mass is 9.86. The van der Waals surface area contributed by atoms with Crippen molar-refractivity contribution in [3.8, 4) is 0 Å². The van der Waals surface area contributed by atoms with Crippen LogP contribution < -0.4 is 5.32 Å². The molecule has 112 valence electrons. The summed E-state index contributed by atoms with van der Waals surface area (Å²) in [6, 6.07) is 0.223. The maximum absolute atomic E-state index is 12.5. The lowest BCUT2D eigenvalue weighted by Gasteiger charge is -2.36. The van der Waals surface area contributed by atoms with Crippen LogP contribution in [0.5, 0.6) is 0 Å². The minimum atomic E-state index is -3.09. The van der Waals surface area contributed by atoms with Crippen molar-refractivity contribution in [2.45, 2.75) is 51.5 Å². The van der Waals surface area contributed by atoms with Gasteiger partial charge in [0.05, 0.1) is 5.75 Å². The number of nitrogens with zero attached hydrogens (tertiary/aromatic N) is 1. The number of rotatable bonds is 4. The molecule has 0 aromatic heterocycles. The zero-order chi connectivity index (χ0) is 13.9. The van der Waals surface area contributed by atoms with Crippen LogP contribution in [-0.4, -0.2) is 44.7 Å². The van der Waals surface area contributed by atoms with Crippen LogP contribution in [0.15, 0.2) is 0 Å². The van der Waals surface area contributed by atoms with Gasteiger partial charge in [0.25, 0.3) is 0 Å². The van der Waals surface area contributed by atoms with Crippen molar-refractivity contribution in [3.05, 3.63) is 0 Å². The lowest BCUT2D eigenvalue weighted by molar-refractivity contribution is 0.212. The van der Waals surface area contributed by atoms with E-state index in [1.54, 1.807) is 11.4 Å². The van der Waals surface area contributed by atoms with E-state index in [0.29, 0.717) is 17.6 Å². The minimum absolute atomic E-state index is 0.223. The summed E-state index contributed by atoms with van der Waals surface area (Å²) >= 11 is 0. The van der Waals surface area contributed by atoms with Crippen molar-refractivity contribution in [2.75, 3.05) is 25.9 Å². The van der Waals surface area contributed by atoms with Gasteiger partial charge in [0, 0.05) is 13.1 Å². The van der Waals surface area contributed by atoms with E-state index >= 15 is 0 Å². The smallest absolute Gasteiger partial charge is 0.214 e. The molecule has 1 aliphatic carbocycles. The highest BCUT2D eigenvalue weighted by atomic mass is 32.2. The van der Waals surface area contributed by atoms with E-state index in [4.69, 9.17) is 0 Å². The molecule has 0 aromatic rings. The minimum Gasteiger partial charge on any atom is -0.317 e. The van der Waals surface area contributed by atoms with E-state index in [2.05, 4.69) is 12.2 Å². The Kier molecular flexibility index (Phi) is 5.26. The molecule has 2 atom stereocenters. The van der Waals surface area contributed by atoms with E-state index in [9.17, 15) is 8.42 Å². The molecule has 19 heavy (non-hydrogen) atoms. The van der Waals surface area contributed by atoms with E-state index in [1.165, 1.54) is 12.8 Å². The molecule has 0 spiro atoms. The third-order valence-electron chi connectivity index (χ3n) is 4.88. The second kappa shape index (κ2) is 6.55. The van der Waals surface area contributed by atoms with Gasteiger partial charge in [-0.3, -0.25) is 0 Å². The molecule has 1 saturated carbocycles. The average molecular weight is 288 g/mol. The summed E-state index contributed by atoms with van der Waals surface area (Å²) in [4.78, 5) is 0. The van der Waals surface area contributed by atoms with Gasteiger partial charge < -0.3 is 5.32 Å². The average Bonchev–Trinajstić information content (AvgIpc) is 2.39. The molecule has 1 aliphatic heterocycles. The van der Waals surface area contributed by atoms with Crippen molar-refractivity contribution in [3.63, 3.8) is 0 Å². The van der Waals surface area contributed by atoms with E-state index < -0.39 is 10.0 Å². The molecular weight excluding hydrogens is 260 g/mol. The Morgan fingerprint density at radius 2 is 1.74 bits per heavy atom. The molecule has 0 bridgehead atoms. The molecule has 0 radical (unpaired) electrons. The molecule has 0 amide bonds. The summed E-state index contributed by atoms with van der Waals surface area (Å²) in [5.41, 5.74) is 0. The fraction of sp³-hybridized carbons (Fsp3) is 1.00. The monoisotopic (exact) mass is 288 g/mol. The van der Waals surface area contributed by atoms with Crippen molar-refractivity contribution < 1.29 is 8.42 Å². The van der Waals surface area contributed by atoms with Gasteiger partial charge in [-0.15, -0.1) is 0 Å². The zero-order valence-corrected chi connectivity index (χ0v) is 13.1. The van der Waals surface area contributed by atoms with Crippen LogP contribution in [0.25, 0.3) is 0 Å². The second-order valence-corrected chi connectivity index (χ2v) is 8.39. The van der Waals surface area contributed by atoms with E-state index in [1.807, 2.05) is 0 Å². The molecule has 2 unspecified atom stereocenters. The van der Waals surface area contributed by atoms with Crippen LogP contribution in [0.3, 0.4) is 0 Å². The fourth-order valence-corrected chi connectivity index (χ4v) is 5.40. The van der Waals surface area contributed by atoms with Gasteiger partial charge in [-0.25, -0.2) is 12.7 Å². The molecule has 1 heterocycles. The summed E-state index contributed by atoms with van der Waals surface area (Å²) < 4.78 is 26.8. The Labute approximate surface area is 118 Å². The SMILES string of the molecule is CC1CCCCC1N(C)S(=O)(=O)CC1CCNCC1. The van der Waals surface area contributed by atoms with Crippen LogP contribution in [0.2, 0.25) is 0 Å². The second-order valence-electron chi connectivity index (χ2n) is 6.32. The van der Waals surface area contributed by atoms with Gasteiger partial charge in [0.2, 0.25) is 10.0 Å². The third kappa shape index (κ3) is 3.92. The van der Waals surface area contributed by atoms with Crippen LogP contribution in [-0.2, 0) is 10.0 Å². The van der Waals surface area contributed by atoms with Crippen molar-refractivity contribution in [2.24, 2.45) is 11.8 Å². The Morgan fingerprint density at radius 1 is 1.11 bits per heavy atom. The third-order valence-corrected chi connectivity index (χ3v) is 6.92. The molecule has 2 rings (SSSR count). The highest BCUT2D eigenvalue weighted by Crippen LogP contribution is 2.29. The molecule has 2 fully saturated rings. The molecule has 0 aromatic carbocycles. The molecule has 5 heteroatoms. The van der Waals surface area contributed by atoms with Crippen LogP contribution >= 0.6 is 0 Å². The first-order chi connectivity index (χ1) is 9.00. The van der Waals surface area contributed by atoms with Crippen molar-refractivity contribution >= 4 is 10.0 Å². The van der Waals surface area contributed by atoms with Gasteiger partial charge in [-0.05, 0) is 50.6 Å². The maximum Gasteiger partial charge on any atom is 0.214 e. The predicted octanol–water partition coefficient (Wildman–Crippen LogP) is 1.83. The summed E-state index contributed by atoms with van der Waals surface area (Å²) in [7, 11) is -1.29. The van der Waals surface area contributed by atoms with Crippen LogP contribution in [0.1, 0.15) is 45.4 Å². The number of sulfonamides is 1.